The first-order valence-electron chi connectivity index (χ1n) is 8.69. The molecule has 2 atom stereocenters. The van der Waals surface area contributed by atoms with Crippen LogP contribution in [-0.2, 0) is 0 Å². The minimum atomic E-state index is -0.454. The Kier molecular flexibility index (Phi) is 5.06. The Bertz CT molecular complexity index is 853. The van der Waals surface area contributed by atoms with Crippen molar-refractivity contribution < 1.29 is 13.9 Å². The summed E-state index contributed by atoms with van der Waals surface area (Å²) in [6.07, 6.45) is 2.93. The second-order valence-corrected chi connectivity index (χ2v) is 6.63. The second-order valence-electron chi connectivity index (χ2n) is 6.63. The Labute approximate surface area is 151 Å². The van der Waals surface area contributed by atoms with Crippen molar-refractivity contribution in [2.24, 2.45) is 0 Å². The van der Waals surface area contributed by atoms with Gasteiger partial charge in [-0.15, -0.1) is 0 Å². The van der Waals surface area contributed by atoms with Gasteiger partial charge in [0.25, 0.3) is 11.5 Å². The van der Waals surface area contributed by atoms with Gasteiger partial charge in [0.15, 0.2) is 11.4 Å². The van der Waals surface area contributed by atoms with Gasteiger partial charge >= 0.3 is 0 Å². The molecule has 0 saturated carbocycles. The Morgan fingerprint density at radius 2 is 1.81 bits per heavy atom. The van der Waals surface area contributed by atoms with E-state index in [1.807, 2.05) is 13.8 Å². The third-order valence-corrected chi connectivity index (χ3v) is 4.82. The summed E-state index contributed by atoms with van der Waals surface area (Å²) in [6.45, 7) is 4.02. The van der Waals surface area contributed by atoms with Gasteiger partial charge in [-0.1, -0.05) is 0 Å². The zero-order valence-corrected chi connectivity index (χ0v) is 15.1. The minimum absolute atomic E-state index is 0.0806. The fraction of sp³-hybridized carbons (Fsp3) is 0.421. The lowest BCUT2D eigenvalue weighted by Crippen LogP contribution is -2.48. The molecule has 1 saturated heterocycles. The highest BCUT2D eigenvalue weighted by atomic mass is 19.1. The quantitative estimate of drug-likeness (QED) is 0.845. The number of carbonyl (C=O) groups excluding carboxylic acids is 1. The van der Waals surface area contributed by atoms with Crippen LogP contribution in [-0.4, -0.2) is 39.8 Å². The molecular weight excluding hydrogens is 337 g/mol. The molecule has 1 aliphatic heterocycles. The molecule has 138 valence electrons. The normalized spacial score (nSPS) is 20.1. The van der Waals surface area contributed by atoms with Crippen molar-refractivity contribution in [2.45, 2.75) is 45.2 Å². The van der Waals surface area contributed by atoms with Crippen LogP contribution in [0.4, 0.5) is 4.39 Å². The van der Waals surface area contributed by atoms with E-state index in [1.165, 1.54) is 37.4 Å². The lowest BCUT2D eigenvalue weighted by molar-refractivity contribution is 0.0499. The Morgan fingerprint density at radius 3 is 2.38 bits per heavy atom. The lowest BCUT2D eigenvalue weighted by atomic mass is 9.97. The molecule has 0 bridgehead atoms. The van der Waals surface area contributed by atoms with Gasteiger partial charge in [-0.3, -0.25) is 9.59 Å². The number of hydrogen-bond donors (Lipinski definition) is 0. The molecular formula is C19H22FN3O3. The van der Waals surface area contributed by atoms with Gasteiger partial charge in [0.2, 0.25) is 0 Å². The first-order valence-corrected chi connectivity index (χ1v) is 8.69. The maximum absolute atomic E-state index is 13.2. The van der Waals surface area contributed by atoms with Gasteiger partial charge in [-0.2, -0.15) is 9.78 Å². The zero-order chi connectivity index (χ0) is 18.8. The lowest BCUT2D eigenvalue weighted by Gasteiger charge is -2.38. The fourth-order valence-electron chi connectivity index (χ4n) is 3.46. The standard InChI is InChI=1S/C19H22FN3O3/c1-12-5-4-6-13(2)22(12)19(25)18-16(26-3)11-17(24)23(21-18)15-9-7-14(20)8-10-15/h7-13H,4-6H2,1-3H3. The largest absolute Gasteiger partial charge is 0.494 e. The Hall–Kier alpha value is -2.70. The monoisotopic (exact) mass is 359 g/mol. The average molecular weight is 359 g/mol. The number of halogens is 1. The van der Waals surface area contributed by atoms with Crippen LogP contribution in [0.3, 0.4) is 0 Å². The highest BCUT2D eigenvalue weighted by molar-refractivity contribution is 5.95. The molecule has 2 heterocycles. The molecule has 1 aliphatic rings. The zero-order valence-electron chi connectivity index (χ0n) is 15.1. The summed E-state index contributed by atoms with van der Waals surface area (Å²) in [5.41, 5.74) is 0.00891. The molecule has 6 nitrogen and oxygen atoms in total. The molecule has 0 N–H and O–H groups in total. The highest BCUT2D eigenvalue weighted by Gasteiger charge is 2.32. The molecule has 0 spiro atoms. The van der Waals surface area contributed by atoms with Crippen LogP contribution < -0.4 is 10.3 Å². The summed E-state index contributed by atoms with van der Waals surface area (Å²) in [5.74, 6) is -0.539. The van der Waals surface area contributed by atoms with E-state index in [4.69, 9.17) is 4.74 Å². The summed E-state index contributed by atoms with van der Waals surface area (Å²) in [7, 11) is 1.40. The maximum Gasteiger partial charge on any atom is 0.278 e. The van der Waals surface area contributed by atoms with E-state index < -0.39 is 11.4 Å². The van der Waals surface area contributed by atoms with Crippen LogP contribution >= 0.6 is 0 Å². The van der Waals surface area contributed by atoms with Gasteiger partial charge in [0.1, 0.15) is 5.82 Å². The summed E-state index contributed by atoms with van der Waals surface area (Å²) < 4.78 is 19.5. The van der Waals surface area contributed by atoms with Crippen LogP contribution in [0.1, 0.15) is 43.6 Å². The van der Waals surface area contributed by atoms with E-state index in [1.54, 1.807) is 4.90 Å². The number of likely N-dealkylation sites (tertiary alicyclic amines) is 1. The minimum Gasteiger partial charge on any atom is -0.494 e. The number of carbonyl (C=O) groups is 1. The molecule has 1 aromatic carbocycles. The molecule has 2 aromatic rings. The molecule has 0 aliphatic carbocycles. The third kappa shape index (κ3) is 3.34. The number of methoxy groups -OCH3 is 1. The average Bonchev–Trinajstić information content (AvgIpc) is 2.62. The smallest absolute Gasteiger partial charge is 0.278 e. The molecule has 26 heavy (non-hydrogen) atoms. The summed E-state index contributed by atoms with van der Waals surface area (Å²) in [6, 6.07) is 6.78. The van der Waals surface area contributed by atoms with Gasteiger partial charge in [0, 0.05) is 12.1 Å². The van der Waals surface area contributed by atoms with Crippen molar-refractivity contribution in [3.63, 3.8) is 0 Å². The van der Waals surface area contributed by atoms with Crippen molar-refractivity contribution >= 4 is 5.91 Å². The summed E-state index contributed by atoms with van der Waals surface area (Å²) in [4.78, 5) is 27.3. The van der Waals surface area contributed by atoms with Crippen molar-refractivity contribution in [1.82, 2.24) is 14.7 Å². The number of amides is 1. The maximum atomic E-state index is 13.2. The molecule has 7 heteroatoms. The van der Waals surface area contributed by atoms with E-state index in [0.717, 1.165) is 23.9 Å². The Balaban J connectivity index is 2.08. The third-order valence-electron chi connectivity index (χ3n) is 4.82. The van der Waals surface area contributed by atoms with E-state index in [-0.39, 0.29) is 29.4 Å². The van der Waals surface area contributed by atoms with Gasteiger partial charge in [0.05, 0.1) is 18.9 Å². The predicted octanol–water partition coefficient (Wildman–Crippen LogP) is 2.78. The molecule has 1 fully saturated rings. The first kappa shape index (κ1) is 18.1. The van der Waals surface area contributed by atoms with Gasteiger partial charge in [-0.05, 0) is 57.4 Å². The molecule has 3 rings (SSSR count). The van der Waals surface area contributed by atoms with Crippen molar-refractivity contribution in [3.05, 3.63) is 52.2 Å². The van der Waals surface area contributed by atoms with E-state index in [2.05, 4.69) is 5.10 Å². The SMILES string of the molecule is COc1cc(=O)n(-c2ccc(F)cc2)nc1C(=O)N1C(C)CCCC1C. The van der Waals surface area contributed by atoms with Crippen LogP contribution in [0.2, 0.25) is 0 Å². The van der Waals surface area contributed by atoms with E-state index >= 15 is 0 Å². The topological polar surface area (TPSA) is 64.4 Å². The summed E-state index contributed by atoms with van der Waals surface area (Å²) in [5, 5.41) is 4.25. The summed E-state index contributed by atoms with van der Waals surface area (Å²) >= 11 is 0. The van der Waals surface area contributed by atoms with Crippen LogP contribution in [0.15, 0.2) is 35.1 Å². The first-order chi connectivity index (χ1) is 12.4. The van der Waals surface area contributed by atoms with Gasteiger partial charge < -0.3 is 9.64 Å². The van der Waals surface area contributed by atoms with E-state index in [9.17, 15) is 14.0 Å². The number of benzene rings is 1. The van der Waals surface area contributed by atoms with Crippen molar-refractivity contribution in [2.75, 3.05) is 7.11 Å². The Morgan fingerprint density at radius 1 is 1.19 bits per heavy atom. The molecule has 1 amide bonds. The molecule has 0 radical (unpaired) electrons. The second kappa shape index (κ2) is 7.27. The predicted molar refractivity (Wildman–Crippen MR) is 95.3 cm³/mol. The number of rotatable bonds is 3. The number of hydrogen-bond acceptors (Lipinski definition) is 4. The number of nitrogens with zero attached hydrogens (tertiary/aromatic N) is 3. The van der Waals surface area contributed by atoms with Gasteiger partial charge in [-0.25, -0.2) is 4.39 Å². The number of ether oxygens (including phenoxy) is 1. The fourth-order valence-corrected chi connectivity index (χ4v) is 3.46. The van der Waals surface area contributed by atoms with Crippen molar-refractivity contribution in [3.8, 4) is 11.4 Å². The molecule has 2 unspecified atom stereocenters. The van der Waals surface area contributed by atoms with Crippen LogP contribution in [0.25, 0.3) is 5.69 Å². The van der Waals surface area contributed by atoms with E-state index in [0.29, 0.717) is 5.69 Å². The molecule has 1 aromatic heterocycles. The van der Waals surface area contributed by atoms with Crippen LogP contribution in [0, 0.1) is 5.82 Å². The highest BCUT2D eigenvalue weighted by Crippen LogP contribution is 2.26. The van der Waals surface area contributed by atoms with Crippen molar-refractivity contribution in [1.29, 1.82) is 0 Å². The number of piperidine rings is 1. The number of aromatic nitrogens is 2. The van der Waals surface area contributed by atoms with Crippen LogP contribution in [0.5, 0.6) is 5.75 Å².